The standard InChI is InChI=1S/C15H16O6/c1-7-12(18)6-13(21-15(7)20)8(2)14(19)9-3-10(16)5-11(17)4-9/h3-6,8,14,16-19H,1-2H3/t8-,14-/m0/s1. The average molecular weight is 292 g/mol. The molecule has 1 heterocycles. The molecule has 21 heavy (non-hydrogen) atoms. The number of aromatic hydroxyl groups is 3. The van der Waals surface area contributed by atoms with E-state index in [1.165, 1.54) is 25.1 Å². The zero-order chi connectivity index (χ0) is 15.7. The summed E-state index contributed by atoms with van der Waals surface area (Å²) in [6.45, 7) is 3.03. The maximum Gasteiger partial charge on any atom is 0.342 e. The van der Waals surface area contributed by atoms with Crippen molar-refractivity contribution in [1.82, 2.24) is 0 Å². The lowest BCUT2D eigenvalue weighted by Gasteiger charge is -2.19. The lowest BCUT2D eigenvalue weighted by atomic mass is 9.94. The number of benzene rings is 1. The van der Waals surface area contributed by atoms with Crippen LogP contribution >= 0.6 is 0 Å². The van der Waals surface area contributed by atoms with Crippen molar-refractivity contribution in [2.45, 2.75) is 25.9 Å². The molecule has 0 fully saturated rings. The molecule has 0 amide bonds. The van der Waals surface area contributed by atoms with Crippen LogP contribution < -0.4 is 5.63 Å². The molecule has 0 radical (unpaired) electrons. The maximum atomic E-state index is 11.5. The van der Waals surface area contributed by atoms with Crippen LogP contribution in [-0.4, -0.2) is 20.4 Å². The summed E-state index contributed by atoms with van der Waals surface area (Å²) in [4.78, 5) is 11.5. The van der Waals surface area contributed by atoms with E-state index in [4.69, 9.17) is 4.42 Å². The van der Waals surface area contributed by atoms with Crippen LogP contribution in [0.3, 0.4) is 0 Å². The summed E-state index contributed by atoms with van der Waals surface area (Å²) in [6, 6.07) is 5.01. The van der Waals surface area contributed by atoms with E-state index in [0.29, 0.717) is 0 Å². The second-order valence-electron chi connectivity index (χ2n) is 4.96. The number of aliphatic hydroxyl groups excluding tert-OH is 1. The molecule has 0 bridgehead atoms. The van der Waals surface area contributed by atoms with Crippen molar-refractivity contribution < 1.29 is 24.8 Å². The molecule has 1 aromatic carbocycles. The van der Waals surface area contributed by atoms with Gasteiger partial charge in [0, 0.05) is 18.1 Å². The van der Waals surface area contributed by atoms with E-state index < -0.39 is 17.6 Å². The van der Waals surface area contributed by atoms with Crippen molar-refractivity contribution in [2.75, 3.05) is 0 Å². The minimum absolute atomic E-state index is 0.0930. The van der Waals surface area contributed by atoms with E-state index >= 15 is 0 Å². The highest BCUT2D eigenvalue weighted by Crippen LogP contribution is 2.34. The van der Waals surface area contributed by atoms with E-state index in [1.807, 2.05) is 0 Å². The molecule has 1 aromatic heterocycles. The van der Waals surface area contributed by atoms with Crippen LogP contribution in [0.15, 0.2) is 33.5 Å². The van der Waals surface area contributed by atoms with E-state index in [2.05, 4.69) is 0 Å². The molecule has 0 unspecified atom stereocenters. The van der Waals surface area contributed by atoms with Crippen LogP contribution in [0.2, 0.25) is 0 Å². The van der Waals surface area contributed by atoms with Gasteiger partial charge in [0.25, 0.3) is 0 Å². The van der Waals surface area contributed by atoms with E-state index in [1.54, 1.807) is 6.92 Å². The fourth-order valence-corrected chi connectivity index (χ4v) is 2.02. The van der Waals surface area contributed by atoms with Gasteiger partial charge >= 0.3 is 5.63 Å². The van der Waals surface area contributed by atoms with Crippen LogP contribution in [0.25, 0.3) is 0 Å². The number of hydrogen-bond donors (Lipinski definition) is 4. The van der Waals surface area contributed by atoms with Crippen molar-refractivity contribution in [1.29, 1.82) is 0 Å². The first kappa shape index (κ1) is 14.9. The fourth-order valence-electron chi connectivity index (χ4n) is 2.02. The third kappa shape index (κ3) is 3.00. The second-order valence-corrected chi connectivity index (χ2v) is 4.96. The fraction of sp³-hybridized carbons (Fsp3) is 0.267. The van der Waals surface area contributed by atoms with E-state index in [0.717, 1.165) is 6.07 Å². The van der Waals surface area contributed by atoms with Gasteiger partial charge in [-0.05, 0) is 24.6 Å². The zero-order valence-corrected chi connectivity index (χ0v) is 11.6. The average Bonchev–Trinajstić information content (AvgIpc) is 2.41. The van der Waals surface area contributed by atoms with Gasteiger partial charge in [0.2, 0.25) is 0 Å². The third-order valence-corrected chi connectivity index (χ3v) is 3.37. The Balaban J connectivity index is 2.39. The molecular formula is C15H16O6. The molecule has 112 valence electrons. The molecule has 0 aliphatic carbocycles. The molecule has 4 N–H and O–H groups in total. The molecule has 6 nitrogen and oxygen atoms in total. The molecule has 0 aliphatic rings. The van der Waals surface area contributed by atoms with Crippen LogP contribution in [0.4, 0.5) is 0 Å². The highest BCUT2D eigenvalue weighted by atomic mass is 16.4. The predicted molar refractivity (Wildman–Crippen MR) is 74.5 cm³/mol. The molecular weight excluding hydrogens is 276 g/mol. The van der Waals surface area contributed by atoms with Gasteiger partial charge in [-0.15, -0.1) is 0 Å². The first-order chi connectivity index (χ1) is 9.79. The van der Waals surface area contributed by atoms with Gasteiger partial charge in [0.15, 0.2) is 0 Å². The molecule has 0 spiro atoms. The Labute approximate surface area is 120 Å². The second kappa shape index (κ2) is 5.49. The van der Waals surface area contributed by atoms with Gasteiger partial charge in [0.05, 0.1) is 11.7 Å². The van der Waals surface area contributed by atoms with Gasteiger partial charge in [-0.2, -0.15) is 0 Å². The minimum Gasteiger partial charge on any atom is -0.508 e. The largest absolute Gasteiger partial charge is 0.508 e. The monoisotopic (exact) mass is 292 g/mol. The summed E-state index contributed by atoms with van der Waals surface area (Å²) in [7, 11) is 0. The summed E-state index contributed by atoms with van der Waals surface area (Å²) < 4.78 is 5.05. The van der Waals surface area contributed by atoms with Crippen LogP contribution in [0, 0.1) is 6.92 Å². The Morgan fingerprint density at radius 3 is 2.14 bits per heavy atom. The Hall–Kier alpha value is -2.47. The summed E-state index contributed by atoms with van der Waals surface area (Å²) in [6.07, 6.45) is -1.13. The smallest absolute Gasteiger partial charge is 0.342 e. The molecule has 0 saturated carbocycles. The lowest BCUT2D eigenvalue weighted by molar-refractivity contribution is 0.138. The lowest BCUT2D eigenvalue weighted by Crippen LogP contribution is -2.12. The van der Waals surface area contributed by atoms with Gasteiger partial charge in [-0.3, -0.25) is 0 Å². The topological polar surface area (TPSA) is 111 Å². The number of rotatable bonds is 3. The Morgan fingerprint density at radius 1 is 1.05 bits per heavy atom. The first-order valence-corrected chi connectivity index (χ1v) is 6.34. The van der Waals surface area contributed by atoms with Crippen molar-refractivity contribution in [3.05, 3.63) is 51.6 Å². The highest BCUT2D eigenvalue weighted by molar-refractivity contribution is 5.39. The van der Waals surface area contributed by atoms with E-state index in [9.17, 15) is 25.2 Å². The summed E-state index contributed by atoms with van der Waals surface area (Å²) in [5.41, 5.74) is -0.319. The zero-order valence-electron chi connectivity index (χ0n) is 11.6. The van der Waals surface area contributed by atoms with Crippen molar-refractivity contribution >= 4 is 0 Å². The van der Waals surface area contributed by atoms with Crippen molar-refractivity contribution in [3.63, 3.8) is 0 Å². The third-order valence-electron chi connectivity index (χ3n) is 3.37. The number of hydrogen-bond acceptors (Lipinski definition) is 6. The summed E-state index contributed by atoms with van der Waals surface area (Å²) >= 11 is 0. The maximum absolute atomic E-state index is 11.5. The molecule has 2 atom stereocenters. The van der Waals surface area contributed by atoms with Gasteiger partial charge < -0.3 is 24.8 Å². The van der Waals surface area contributed by atoms with Crippen LogP contribution in [0.5, 0.6) is 17.2 Å². The summed E-state index contributed by atoms with van der Waals surface area (Å²) in [5, 5.41) is 38.8. The highest BCUT2D eigenvalue weighted by Gasteiger charge is 2.23. The Morgan fingerprint density at radius 2 is 1.62 bits per heavy atom. The normalized spacial score (nSPS) is 13.9. The first-order valence-electron chi connectivity index (χ1n) is 6.34. The number of aliphatic hydroxyl groups is 1. The minimum atomic E-state index is -1.13. The van der Waals surface area contributed by atoms with Crippen molar-refractivity contribution in [3.8, 4) is 17.2 Å². The number of phenols is 2. The van der Waals surface area contributed by atoms with Gasteiger partial charge in [-0.1, -0.05) is 6.92 Å². The molecule has 2 aromatic rings. The number of phenolic OH excluding ortho intramolecular Hbond substituents is 2. The summed E-state index contributed by atoms with van der Waals surface area (Å²) in [5.74, 6) is -1.14. The Kier molecular flexibility index (Phi) is 3.90. The molecule has 0 aliphatic heterocycles. The van der Waals surface area contributed by atoms with Gasteiger partial charge in [-0.25, -0.2) is 4.79 Å². The molecule has 2 rings (SSSR count). The van der Waals surface area contributed by atoms with Gasteiger partial charge in [0.1, 0.15) is 23.0 Å². The van der Waals surface area contributed by atoms with Crippen molar-refractivity contribution in [2.24, 2.45) is 0 Å². The van der Waals surface area contributed by atoms with Crippen LogP contribution in [0.1, 0.15) is 35.8 Å². The SMILES string of the molecule is Cc1c(O)cc([C@H](C)[C@H](O)c2cc(O)cc(O)c2)oc1=O. The quantitative estimate of drug-likeness (QED) is 0.687. The van der Waals surface area contributed by atoms with Crippen LogP contribution in [-0.2, 0) is 0 Å². The Bertz CT molecular complexity index is 698. The van der Waals surface area contributed by atoms with E-state index in [-0.39, 0.29) is 34.1 Å². The molecule has 0 saturated heterocycles. The predicted octanol–water partition coefficient (Wildman–Crippen LogP) is 1.90. The molecule has 6 heteroatoms.